The molecule has 1 saturated carbocycles. The molecule has 202 valence electrons. The number of hydrogen-bond acceptors (Lipinski definition) is 6. The molecule has 0 radical (unpaired) electrons. The monoisotopic (exact) mass is 529 g/mol. The van der Waals surface area contributed by atoms with Crippen molar-refractivity contribution in [2.75, 3.05) is 38.7 Å². The molecule has 3 N–H and O–H groups in total. The molecule has 2 aliphatic rings. The molecule has 2 fully saturated rings. The number of aromatic carboxylic acids is 1. The van der Waals surface area contributed by atoms with E-state index in [1.54, 1.807) is 4.57 Å². The Morgan fingerprint density at radius 1 is 1.22 bits per heavy atom. The van der Waals surface area contributed by atoms with Gasteiger partial charge in [-0.3, -0.25) is 4.79 Å². The quantitative estimate of drug-likeness (QED) is 0.384. The number of halogens is 4. The van der Waals surface area contributed by atoms with Gasteiger partial charge in [0, 0.05) is 31.9 Å². The van der Waals surface area contributed by atoms with Gasteiger partial charge in [0.1, 0.15) is 11.3 Å². The summed E-state index contributed by atoms with van der Waals surface area (Å²) in [5.41, 5.74) is 1.12. The molecule has 1 aliphatic heterocycles. The molecule has 4 rings (SSSR count). The van der Waals surface area contributed by atoms with Gasteiger partial charge in [-0.15, -0.1) is 0 Å². The van der Waals surface area contributed by atoms with Crippen LogP contribution in [-0.4, -0.2) is 66.7 Å². The number of hydrogen-bond donors (Lipinski definition) is 3. The molecular weight excluding hydrogens is 502 g/mol. The van der Waals surface area contributed by atoms with Gasteiger partial charge < -0.3 is 29.7 Å². The van der Waals surface area contributed by atoms with Crippen LogP contribution in [0.3, 0.4) is 0 Å². The number of benzene rings is 1. The van der Waals surface area contributed by atoms with Gasteiger partial charge in [0.25, 0.3) is 0 Å². The van der Waals surface area contributed by atoms with Crippen molar-refractivity contribution in [1.29, 1.82) is 0 Å². The highest BCUT2D eigenvalue weighted by molar-refractivity contribution is 5.97. The van der Waals surface area contributed by atoms with Crippen molar-refractivity contribution in [3.8, 4) is 5.75 Å². The van der Waals surface area contributed by atoms with Crippen molar-refractivity contribution in [2.24, 2.45) is 0 Å². The molecule has 2 heterocycles. The topological polar surface area (TPSA) is 121 Å². The molecule has 0 bridgehead atoms. The Labute approximate surface area is 208 Å². The normalized spacial score (nSPS) is 15.7. The Morgan fingerprint density at radius 3 is 2.27 bits per heavy atom. The Balaban J connectivity index is 0.000000479. The molecule has 1 aromatic heterocycles. The van der Waals surface area contributed by atoms with Crippen LogP contribution in [0.25, 0.3) is 10.9 Å². The molecule has 1 saturated heterocycles. The molecule has 0 unspecified atom stereocenters. The first-order valence-electron chi connectivity index (χ1n) is 11.5. The summed E-state index contributed by atoms with van der Waals surface area (Å²) >= 11 is 0. The summed E-state index contributed by atoms with van der Waals surface area (Å²) in [4.78, 5) is 35.2. The number of carboxylic acids is 2. The van der Waals surface area contributed by atoms with Gasteiger partial charge in [-0.05, 0) is 38.8 Å². The molecule has 2 aromatic rings. The first kappa shape index (κ1) is 28.0. The van der Waals surface area contributed by atoms with E-state index in [-0.39, 0.29) is 17.0 Å². The Morgan fingerprint density at radius 2 is 1.81 bits per heavy atom. The number of aliphatic carboxylic acids is 1. The van der Waals surface area contributed by atoms with Crippen molar-refractivity contribution >= 4 is 28.5 Å². The minimum Gasteiger partial charge on any atom is -0.492 e. The number of ether oxygens (including phenoxy) is 1. The average Bonchev–Trinajstić information content (AvgIpc) is 3.68. The number of methoxy groups -OCH3 is 1. The number of alkyl halides is 3. The zero-order valence-corrected chi connectivity index (χ0v) is 20.2. The second-order valence-corrected chi connectivity index (χ2v) is 8.66. The van der Waals surface area contributed by atoms with Crippen molar-refractivity contribution in [3.05, 3.63) is 45.5 Å². The Hall–Kier alpha value is -3.61. The standard InChI is InChI=1S/C22H26FN3O4.C2HF3O2/c1-24-8-5-13-6-9-25(10-7-13)19-17(23)11-15-18(21(19)30-2)26(14-3-4-14)12-16(20(15)27)22(28)29;3-2(4,5)1(6)7/h5,11-12,14,24H,3-4,6-10H2,1-2H3,(H,28,29);(H,6,7). The van der Waals surface area contributed by atoms with E-state index in [2.05, 4.69) is 11.4 Å². The van der Waals surface area contributed by atoms with E-state index in [4.69, 9.17) is 14.6 Å². The molecule has 1 aromatic carbocycles. The molecule has 37 heavy (non-hydrogen) atoms. The number of piperidine rings is 1. The van der Waals surface area contributed by atoms with Crippen LogP contribution < -0.4 is 20.4 Å². The van der Waals surface area contributed by atoms with E-state index >= 15 is 4.39 Å². The fraction of sp³-hybridized carbons (Fsp3) is 0.458. The minimum atomic E-state index is -5.08. The van der Waals surface area contributed by atoms with Gasteiger partial charge in [-0.1, -0.05) is 11.6 Å². The zero-order chi connectivity index (χ0) is 27.5. The van der Waals surface area contributed by atoms with Crippen LogP contribution in [-0.2, 0) is 4.79 Å². The van der Waals surface area contributed by atoms with Crippen LogP contribution in [0, 0.1) is 5.82 Å². The third-order valence-corrected chi connectivity index (χ3v) is 6.13. The number of anilines is 1. The van der Waals surface area contributed by atoms with Gasteiger partial charge in [0.2, 0.25) is 5.43 Å². The van der Waals surface area contributed by atoms with E-state index in [1.807, 2.05) is 11.9 Å². The maximum Gasteiger partial charge on any atom is 0.490 e. The minimum absolute atomic E-state index is 0.0477. The highest BCUT2D eigenvalue weighted by atomic mass is 19.4. The largest absolute Gasteiger partial charge is 0.492 e. The van der Waals surface area contributed by atoms with Gasteiger partial charge >= 0.3 is 18.1 Å². The number of aromatic nitrogens is 1. The second kappa shape index (κ2) is 11.2. The molecule has 1 aliphatic carbocycles. The lowest BCUT2D eigenvalue weighted by Gasteiger charge is -2.32. The molecule has 9 nitrogen and oxygen atoms in total. The van der Waals surface area contributed by atoms with E-state index in [1.165, 1.54) is 24.9 Å². The lowest BCUT2D eigenvalue weighted by molar-refractivity contribution is -0.192. The Bertz CT molecular complexity index is 1270. The summed E-state index contributed by atoms with van der Waals surface area (Å²) in [6.07, 6.45) is 1.89. The van der Waals surface area contributed by atoms with E-state index in [9.17, 15) is 27.9 Å². The molecule has 0 spiro atoms. The number of carboxylic acid groups (broad SMARTS) is 2. The molecule has 13 heteroatoms. The summed E-state index contributed by atoms with van der Waals surface area (Å²) in [6, 6.07) is 1.27. The van der Waals surface area contributed by atoms with Crippen LogP contribution in [0.15, 0.2) is 28.7 Å². The summed E-state index contributed by atoms with van der Waals surface area (Å²) < 4.78 is 54.4. The zero-order valence-electron chi connectivity index (χ0n) is 20.2. The summed E-state index contributed by atoms with van der Waals surface area (Å²) in [6.45, 7) is 2.10. The SMILES string of the molecule is CNCC=C1CCN(c2c(F)cc3c(=O)c(C(=O)O)cn(C4CC4)c3c2OC)CC1.O=C(O)C(F)(F)F. The summed E-state index contributed by atoms with van der Waals surface area (Å²) in [5, 5.41) is 19.7. The van der Waals surface area contributed by atoms with Gasteiger partial charge in [-0.25, -0.2) is 14.0 Å². The highest BCUT2D eigenvalue weighted by Gasteiger charge is 2.38. The van der Waals surface area contributed by atoms with Crippen molar-refractivity contribution in [1.82, 2.24) is 9.88 Å². The van der Waals surface area contributed by atoms with Crippen molar-refractivity contribution in [2.45, 2.75) is 37.9 Å². The van der Waals surface area contributed by atoms with Crippen LogP contribution >= 0.6 is 0 Å². The second-order valence-electron chi connectivity index (χ2n) is 8.66. The smallest absolute Gasteiger partial charge is 0.490 e. The van der Waals surface area contributed by atoms with Crippen molar-refractivity contribution < 1.29 is 42.1 Å². The Kier molecular flexibility index (Phi) is 8.46. The summed E-state index contributed by atoms with van der Waals surface area (Å²) in [7, 11) is 3.36. The third-order valence-electron chi connectivity index (χ3n) is 6.13. The van der Waals surface area contributed by atoms with Crippen LogP contribution in [0.5, 0.6) is 5.75 Å². The average molecular weight is 529 g/mol. The van der Waals surface area contributed by atoms with Gasteiger partial charge in [0.05, 0.1) is 18.0 Å². The predicted octanol–water partition coefficient (Wildman–Crippen LogP) is 3.56. The lowest BCUT2D eigenvalue weighted by Crippen LogP contribution is -2.32. The predicted molar refractivity (Wildman–Crippen MR) is 127 cm³/mol. The first-order chi connectivity index (χ1) is 17.4. The van der Waals surface area contributed by atoms with Crippen LogP contribution in [0.4, 0.5) is 23.2 Å². The maximum absolute atomic E-state index is 15.3. The number of fused-ring (bicyclic) bond motifs is 1. The molecule has 0 amide bonds. The first-order valence-corrected chi connectivity index (χ1v) is 11.5. The maximum atomic E-state index is 15.3. The number of nitrogens with zero attached hydrogens (tertiary/aromatic N) is 2. The van der Waals surface area contributed by atoms with E-state index < -0.39 is 29.4 Å². The third kappa shape index (κ3) is 6.21. The summed E-state index contributed by atoms with van der Waals surface area (Å²) in [5.74, 6) is -4.33. The highest BCUT2D eigenvalue weighted by Crippen LogP contribution is 2.44. The number of carbonyl (C=O) groups is 2. The van der Waals surface area contributed by atoms with Crippen LogP contribution in [0.1, 0.15) is 42.1 Å². The number of likely N-dealkylation sites (N-methyl/N-ethyl adjacent to an activating group) is 1. The fourth-order valence-corrected chi connectivity index (χ4v) is 4.19. The fourth-order valence-electron chi connectivity index (χ4n) is 4.19. The molecular formula is C24H27F4N3O6. The van der Waals surface area contributed by atoms with Crippen LogP contribution in [0.2, 0.25) is 0 Å². The van der Waals surface area contributed by atoms with E-state index in [0.717, 1.165) is 32.2 Å². The molecule has 0 atom stereocenters. The van der Waals surface area contributed by atoms with Gasteiger partial charge in [-0.2, -0.15) is 13.2 Å². The van der Waals surface area contributed by atoms with Gasteiger partial charge in [0.15, 0.2) is 11.6 Å². The number of nitrogens with one attached hydrogen (secondary N) is 1. The number of rotatable bonds is 6. The van der Waals surface area contributed by atoms with Crippen molar-refractivity contribution in [3.63, 3.8) is 0 Å². The van der Waals surface area contributed by atoms with E-state index in [0.29, 0.717) is 30.0 Å². The lowest BCUT2D eigenvalue weighted by atomic mass is 10.0. The number of pyridine rings is 1.